The molecule has 0 amide bonds. The lowest BCUT2D eigenvalue weighted by atomic mass is 10.1. The number of nitrogens with zero attached hydrogens (tertiary/aromatic N) is 1. The van der Waals surface area contributed by atoms with Gasteiger partial charge in [-0.3, -0.25) is 4.98 Å². The summed E-state index contributed by atoms with van der Waals surface area (Å²) in [7, 11) is 0. The molecule has 0 fully saturated rings. The number of nitrogen functional groups attached to an aromatic ring is 1. The molecule has 0 radical (unpaired) electrons. The van der Waals surface area contributed by atoms with Crippen molar-refractivity contribution in [2.24, 2.45) is 5.73 Å². The normalized spacial score (nSPS) is 10.7. The average molecular weight is 217 g/mol. The van der Waals surface area contributed by atoms with Gasteiger partial charge in [-0.1, -0.05) is 0 Å². The Morgan fingerprint density at radius 1 is 1.60 bits per heavy atom. The van der Waals surface area contributed by atoms with Crippen LogP contribution >= 0.6 is 0 Å². The predicted molar refractivity (Wildman–Crippen MR) is 48.5 cm³/mol. The van der Waals surface area contributed by atoms with Crippen LogP contribution in [-0.4, -0.2) is 16.1 Å². The van der Waals surface area contributed by atoms with Crippen LogP contribution < -0.4 is 11.5 Å². The molecular weight excluding hydrogens is 208 g/mol. The smallest absolute Gasteiger partial charge is 0.339 e. The standard InChI is InChI=1S/C8H9F2N3O2/c9-7(10)6-4(8(14)15)5(12)3(1-11)2-13-6/h2,7H,1,11H2,(H2,12,13)(H,14,15). The molecule has 1 aromatic heterocycles. The largest absolute Gasteiger partial charge is 0.478 e. The number of halogens is 2. The fourth-order valence-corrected chi connectivity index (χ4v) is 1.13. The van der Waals surface area contributed by atoms with Gasteiger partial charge in [-0.25, -0.2) is 13.6 Å². The van der Waals surface area contributed by atoms with Crippen molar-refractivity contribution in [1.82, 2.24) is 4.98 Å². The molecule has 0 aromatic carbocycles. The Morgan fingerprint density at radius 3 is 2.60 bits per heavy atom. The molecule has 1 aromatic rings. The first kappa shape index (κ1) is 11.3. The number of carbonyl (C=O) groups is 1. The molecule has 0 saturated heterocycles. The zero-order chi connectivity index (χ0) is 11.6. The Balaban J connectivity index is 3.44. The molecule has 0 aliphatic rings. The quantitative estimate of drug-likeness (QED) is 0.693. The van der Waals surface area contributed by atoms with E-state index >= 15 is 0 Å². The van der Waals surface area contributed by atoms with Gasteiger partial charge in [0.25, 0.3) is 6.43 Å². The molecule has 1 heterocycles. The van der Waals surface area contributed by atoms with Gasteiger partial charge in [0, 0.05) is 18.3 Å². The van der Waals surface area contributed by atoms with Crippen molar-refractivity contribution in [3.63, 3.8) is 0 Å². The number of aromatic carboxylic acids is 1. The Bertz CT molecular complexity index is 396. The second-order valence-corrected chi connectivity index (χ2v) is 2.77. The lowest BCUT2D eigenvalue weighted by Crippen LogP contribution is -2.13. The Hall–Kier alpha value is -1.76. The predicted octanol–water partition coefficient (Wildman–Crippen LogP) is 0.758. The molecular formula is C8H9F2N3O2. The van der Waals surface area contributed by atoms with Crippen molar-refractivity contribution >= 4 is 11.7 Å². The van der Waals surface area contributed by atoms with Crippen LogP contribution in [0.25, 0.3) is 0 Å². The third-order valence-corrected chi connectivity index (χ3v) is 1.87. The van der Waals surface area contributed by atoms with Gasteiger partial charge in [0.1, 0.15) is 11.3 Å². The van der Waals surface area contributed by atoms with Crippen molar-refractivity contribution in [3.05, 3.63) is 23.0 Å². The maximum Gasteiger partial charge on any atom is 0.339 e. The molecule has 0 atom stereocenters. The third-order valence-electron chi connectivity index (χ3n) is 1.87. The van der Waals surface area contributed by atoms with E-state index in [1.807, 2.05) is 0 Å². The highest BCUT2D eigenvalue weighted by Gasteiger charge is 2.23. The van der Waals surface area contributed by atoms with Crippen LogP contribution in [0.1, 0.15) is 28.0 Å². The number of alkyl halides is 2. The van der Waals surface area contributed by atoms with Gasteiger partial charge in [-0.05, 0) is 0 Å². The van der Waals surface area contributed by atoms with Crippen LogP contribution in [0.5, 0.6) is 0 Å². The summed E-state index contributed by atoms with van der Waals surface area (Å²) < 4.78 is 24.8. The summed E-state index contributed by atoms with van der Waals surface area (Å²) in [6.45, 7) is -0.0529. The SMILES string of the molecule is NCc1cnc(C(F)F)c(C(=O)O)c1N. The van der Waals surface area contributed by atoms with E-state index in [1.165, 1.54) is 0 Å². The maximum absolute atomic E-state index is 12.4. The second-order valence-electron chi connectivity index (χ2n) is 2.77. The highest BCUT2D eigenvalue weighted by atomic mass is 19.3. The van der Waals surface area contributed by atoms with Crippen molar-refractivity contribution in [1.29, 1.82) is 0 Å². The Kier molecular flexibility index (Phi) is 3.15. The minimum Gasteiger partial charge on any atom is -0.478 e. The second kappa shape index (κ2) is 4.18. The summed E-state index contributed by atoms with van der Waals surface area (Å²) in [4.78, 5) is 14.1. The first-order valence-corrected chi connectivity index (χ1v) is 3.97. The van der Waals surface area contributed by atoms with E-state index in [2.05, 4.69) is 4.98 Å². The minimum absolute atomic E-state index is 0.0529. The fraction of sp³-hybridized carbons (Fsp3) is 0.250. The third kappa shape index (κ3) is 2.01. The molecule has 0 bridgehead atoms. The number of carboxylic acids is 1. The molecule has 0 unspecified atom stereocenters. The van der Waals surface area contributed by atoms with E-state index in [-0.39, 0.29) is 17.8 Å². The zero-order valence-corrected chi connectivity index (χ0v) is 7.58. The highest BCUT2D eigenvalue weighted by Crippen LogP contribution is 2.27. The summed E-state index contributed by atoms with van der Waals surface area (Å²) >= 11 is 0. The highest BCUT2D eigenvalue weighted by molar-refractivity contribution is 5.95. The fourth-order valence-electron chi connectivity index (χ4n) is 1.13. The molecule has 0 spiro atoms. The molecule has 82 valence electrons. The van der Waals surface area contributed by atoms with E-state index < -0.39 is 23.7 Å². The van der Waals surface area contributed by atoms with E-state index in [0.29, 0.717) is 0 Å². The summed E-state index contributed by atoms with van der Waals surface area (Å²) in [5, 5.41) is 8.72. The lowest BCUT2D eigenvalue weighted by molar-refractivity contribution is 0.0683. The number of pyridine rings is 1. The molecule has 7 heteroatoms. The van der Waals surface area contributed by atoms with Gasteiger partial charge in [-0.15, -0.1) is 0 Å². The van der Waals surface area contributed by atoms with Crippen LogP contribution in [0.2, 0.25) is 0 Å². The maximum atomic E-state index is 12.4. The topological polar surface area (TPSA) is 102 Å². The van der Waals surface area contributed by atoms with Crippen LogP contribution in [0.3, 0.4) is 0 Å². The van der Waals surface area contributed by atoms with E-state index in [0.717, 1.165) is 6.20 Å². The van der Waals surface area contributed by atoms with Gasteiger partial charge in [0.2, 0.25) is 0 Å². The molecule has 15 heavy (non-hydrogen) atoms. The summed E-state index contributed by atoms with van der Waals surface area (Å²) in [6, 6.07) is 0. The summed E-state index contributed by atoms with van der Waals surface area (Å²) in [5.41, 5.74) is 9.11. The number of carboxylic acid groups (broad SMARTS) is 1. The number of rotatable bonds is 3. The molecule has 1 rings (SSSR count). The van der Waals surface area contributed by atoms with Crippen LogP contribution in [0.15, 0.2) is 6.20 Å². The number of anilines is 1. The summed E-state index contributed by atoms with van der Waals surface area (Å²) in [5.74, 6) is -1.54. The van der Waals surface area contributed by atoms with Gasteiger partial charge >= 0.3 is 5.97 Å². The molecule has 0 aliphatic carbocycles. The monoisotopic (exact) mass is 217 g/mol. The molecule has 0 aliphatic heterocycles. The minimum atomic E-state index is -2.98. The number of hydrogen-bond donors (Lipinski definition) is 3. The number of nitrogens with two attached hydrogens (primary N) is 2. The Labute approximate surface area is 83.7 Å². The van der Waals surface area contributed by atoms with Crippen molar-refractivity contribution < 1.29 is 18.7 Å². The average Bonchev–Trinajstić information content (AvgIpc) is 2.16. The van der Waals surface area contributed by atoms with Crippen LogP contribution in [0, 0.1) is 0 Å². The van der Waals surface area contributed by atoms with E-state index in [1.54, 1.807) is 0 Å². The molecule has 0 saturated carbocycles. The first-order valence-electron chi connectivity index (χ1n) is 3.97. The van der Waals surface area contributed by atoms with Crippen molar-refractivity contribution in [3.8, 4) is 0 Å². The van der Waals surface area contributed by atoms with Gasteiger partial charge in [-0.2, -0.15) is 0 Å². The van der Waals surface area contributed by atoms with Crippen LogP contribution in [-0.2, 0) is 6.54 Å². The van der Waals surface area contributed by atoms with Crippen molar-refractivity contribution in [2.45, 2.75) is 13.0 Å². The van der Waals surface area contributed by atoms with Crippen LogP contribution in [0.4, 0.5) is 14.5 Å². The molecule has 5 nitrogen and oxygen atoms in total. The number of hydrogen-bond acceptors (Lipinski definition) is 4. The van der Waals surface area contributed by atoms with E-state index in [4.69, 9.17) is 16.6 Å². The zero-order valence-electron chi connectivity index (χ0n) is 7.58. The van der Waals surface area contributed by atoms with Crippen molar-refractivity contribution in [2.75, 3.05) is 5.73 Å². The lowest BCUT2D eigenvalue weighted by Gasteiger charge is -2.10. The first-order chi connectivity index (χ1) is 6.99. The molecule has 5 N–H and O–H groups in total. The summed E-state index contributed by atoms with van der Waals surface area (Å²) in [6.07, 6.45) is -1.92. The van der Waals surface area contributed by atoms with Gasteiger partial charge < -0.3 is 16.6 Å². The Morgan fingerprint density at radius 2 is 2.20 bits per heavy atom. The number of aromatic nitrogens is 1. The van der Waals surface area contributed by atoms with Gasteiger partial charge in [0.15, 0.2) is 0 Å². The van der Waals surface area contributed by atoms with E-state index in [9.17, 15) is 13.6 Å². The van der Waals surface area contributed by atoms with Gasteiger partial charge in [0.05, 0.1) is 5.69 Å².